The highest BCUT2D eigenvalue weighted by Crippen LogP contribution is 2.20. The van der Waals surface area contributed by atoms with Crippen molar-refractivity contribution in [1.82, 2.24) is 9.62 Å². The van der Waals surface area contributed by atoms with E-state index in [1.165, 1.54) is 10.6 Å². The van der Waals surface area contributed by atoms with Gasteiger partial charge in [-0.15, -0.1) is 11.3 Å². The predicted molar refractivity (Wildman–Crippen MR) is 80.1 cm³/mol. The molecule has 0 radical (unpaired) electrons. The Morgan fingerprint density at radius 3 is 2.85 bits per heavy atom. The first-order valence-electron chi connectivity index (χ1n) is 6.67. The van der Waals surface area contributed by atoms with E-state index in [1.807, 2.05) is 18.4 Å². The van der Waals surface area contributed by atoms with Gasteiger partial charge < -0.3 is 5.32 Å². The molecule has 2 heterocycles. The number of piperidine rings is 1. The van der Waals surface area contributed by atoms with Crippen LogP contribution in [0.3, 0.4) is 0 Å². The Bertz CT molecular complexity index is 580. The molecule has 7 heteroatoms. The molecule has 0 unspecified atom stereocenters. The monoisotopic (exact) mass is 316 g/mol. The van der Waals surface area contributed by atoms with Gasteiger partial charge >= 0.3 is 0 Å². The zero-order valence-corrected chi connectivity index (χ0v) is 13.4. The summed E-state index contributed by atoms with van der Waals surface area (Å²) < 4.78 is 24.8. The number of aryl methyl sites for hydroxylation is 1. The van der Waals surface area contributed by atoms with Gasteiger partial charge in [-0.1, -0.05) is 6.42 Å². The van der Waals surface area contributed by atoms with Crippen molar-refractivity contribution < 1.29 is 13.2 Å². The zero-order chi connectivity index (χ0) is 14.8. The number of carbonyl (C=O) groups is 1. The normalized spacial score (nSPS) is 20.8. The third-order valence-electron chi connectivity index (χ3n) is 3.57. The van der Waals surface area contributed by atoms with Gasteiger partial charge in [0.1, 0.15) is 6.04 Å². The van der Waals surface area contributed by atoms with Crippen LogP contribution in [0.1, 0.15) is 29.7 Å². The molecular weight excluding hydrogens is 296 g/mol. The lowest BCUT2D eigenvalue weighted by Gasteiger charge is -2.32. The number of nitrogens with one attached hydrogen (secondary N) is 1. The number of thiophene rings is 1. The van der Waals surface area contributed by atoms with Gasteiger partial charge in [0.25, 0.3) is 0 Å². The van der Waals surface area contributed by atoms with Gasteiger partial charge in [0.15, 0.2) is 0 Å². The molecule has 1 aliphatic rings. The highest BCUT2D eigenvalue weighted by atomic mass is 32.2. The van der Waals surface area contributed by atoms with Crippen LogP contribution >= 0.6 is 11.3 Å². The van der Waals surface area contributed by atoms with E-state index in [1.54, 1.807) is 11.3 Å². The SMILES string of the molecule is Cc1ccsc1CNC(=O)[C@@H]1CCCCN1S(C)(=O)=O. The number of hydrogen-bond donors (Lipinski definition) is 1. The van der Waals surface area contributed by atoms with Crippen molar-refractivity contribution in [2.45, 2.75) is 38.8 Å². The lowest BCUT2D eigenvalue weighted by molar-refractivity contribution is -0.125. The molecule has 0 spiro atoms. The third-order valence-corrected chi connectivity index (χ3v) is 5.89. The molecule has 1 aromatic heterocycles. The Hall–Kier alpha value is -0.920. The number of hydrogen-bond acceptors (Lipinski definition) is 4. The second kappa shape index (κ2) is 6.24. The first kappa shape index (κ1) is 15.5. The minimum absolute atomic E-state index is 0.192. The van der Waals surface area contributed by atoms with E-state index in [4.69, 9.17) is 0 Å². The number of sulfonamides is 1. The molecule has 5 nitrogen and oxygen atoms in total. The fourth-order valence-corrected chi connectivity index (χ4v) is 4.40. The van der Waals surface area contributed by atoms with Crippen LogP contribution in [0.15, 0.2) is 11.4 Å². The molecule has 1 amide bonds. The van der Waals surface area contributed by atoms with E-state index in [9.17, 15) is 13.2 Å². The van der Waals surface area contributed by atoms with Crippen molar-refractivity contribution in [3.05, 3.63) is 21.9 Å². The number of carbonyl (C=O) groups excluding carboxylic acids is 1. The van der Waals surface area contributed by atoms with E-state index < -0.39 is 16.1 Å². The number of rotatable bonds is 4. The van der Waals surface area contributed by atoms with E-state index in [2.05, 4.69) is 5.32 Å². The summed E-state index contributed by atoms with van der Waals surface area (Å²) in [5.74, 6) is -0.192. The third kappa shape index (κ3) is 3.59. The summed E-state index contributed by atoms with van der Waals surface area (Å²) >= 11 is 1.60. The van der Waals surface area contributed by atoms with Crippen LogP contribution in [0.2, 0.25) is 0 Å². The van der Waals surface area contributed by atoms with Gasteiger partial charge in [-0.2, -0.15) is 4.31 Å². The summed E-state index contributed by atoms with van der Waals surface area (Å²) in [5.41, 5.74) is 1.15. The lowest BCUT2D eigenvalue weighted by atomic mass is 10.0. The molecular formula is C13H20N2O3S2. The molecule has 1 aromatic rings. The molecule has 1 atom stereocenters. The fourth-order valence-electron chi connectivity index (χ4n) is 2.43. The molecule has 0 saturated carbocycles. The lowest BCUT2D eigenvalue weighted by Crippen LogP contribution is -2.51. The van der Waals surface area contributed by atoms with E-state index in [0.717, 1.165) is 23.3 Å². The molecule has 0 bridgehead atoms. The minimum Gasteiger partial charge on any atom is -0.350 e. The molecule has 1 aliphatic heterocycles. The van der Waals surface area contributed by atoms with E-state index in [0.29, 0.717) is 19.5 Å². The van der Waals surface area contributed by atoms with Crippen LogP contribution in [0.5, 0.6) is 0 Å². The summed E-state index contributed by atoms with van der Waals surface area (Å²) in [5, 5.41) is 4.85. The maximum atomic E-state index is 12.2. The summed E-state index contributed by atoms with van der Waals surface area (Å²) in [4.78, 5) is 13.4. The Kier molecular flexibility index (Phi) is 4.82. The molecule has 0 aliphatic carbocycles. The number of nitrogens with zero attached hydrogens (tertiary/aromatic N) is 1. The van der Waals surface area contributed by atoms with Crippen molar-refractivity contribution in [3.8, 4) is 0 Å². The maximum Gasteiger partial charge on any atom is 0.238 e. The Balaban J connectivity index is 2.01. The average molecular weight is 316 g/mol. The summed E-state index contributed by atoms with van der Waals surface area (Å²) in [6.45, 7) is 2.91. The minimum atomic E-state index is -3.33. The van der Waals surface area contributed by atoms with Crippen LogP contribution in [-0.2, 0) is 21.4 Å². The van der Waals surface area contributed by atoms with Crippen molar-refractivity contribution in [3.63, 3.8) is 0 Å². The fraction of sp³-hybridized carbons (Fsp3) is 0.615. The molecule has 0 aromatic carbocycles. The van der Waals surface area contributed by atoms with Crippen LogP contribution in [0.4, 0.5) is 0 Å². The van der Waals surface area contributed by atoms with Crippen molar-refractivity contribution in [2.24, 2.45) is 0 Å². The second-order valence-corrected chi connectivity index (χ2v) is 8.07. The van der Waals surface area contributed by atoms with Crippen LogP contribution in [-0.4, -0.2) is 37.5 Å². The second-order valence-electron chi connectivity index (χ2n) is 5.13. The average Bonchev–Trinajstić information content (AvgIpc) is 2.80. The largest absolute Gasteiger partial charge is 0.350 e. The van der Waals surface area contributed by atoms with Gasteiger partial charge in [0.05, 0.1) is 12.8 Å². The molecule has 2 rings (SSSR count). The maximum absolute atomic E-state index is 12.2. The highest BCUT2D eigenvalue weighted by molar-refractivity contribution is 7.88. The Labute approximate surface area is 124 Å². The predicted octanol–water partition coefficient (Wildman–Crippen LogP) is 1.49. The van der Waals surface area contributed by atoms with Gasteiger partial charge in [-0.05, 0) is 36.8 Å². The van der Waals surface area contributed by atoms with Crippen molar-refractivity contribution in [1.29, 1.82) is 0 Å². The van der Waals surface area contributed by atoms with Crippen molar-refractivity contribution >= 4 is 27.3 Å². The smallest absolute Gasteiger partial charge is 0.238 e. The quantitative estimate of drug-likeness (QED) is 0.915. The first-order valence-corrected chi connectivity index (χ1v) is 9.40. The standard InChI is InChI=1S/C13H20N2O3S2/c1-10-6-8-19-12(10)9-14-13(16)11-5-3-4-7-15(11)20(2,17)18/h6,8,11H,3-5,7,9H2,1-2H3,(H,14,16)/t11-/m0/s1. The first-order chi connectivity index (χ1) is 9.39. The van der Waals surface area contributed by atoms with Crippen LogP contribution in [0, 0.1) is 6.92 Å². The van der Waals surface area contributed by atoms with Crippen LogP contribution in [0.25, 0.3) is 0 Å². The highest BCUT2D eigenvalue weighted by Gasteiger charge is 2.34. The zero-order valence-electron chi connectivity index (χ0n) is 11.8. The molecule has 112 valence electrons. The summed E-state index contributed by atoms with van der Waals surface area (Å²) in [6.07, 6.45) is 3.48. The van der Waals surface area contributed by atoms with Gasteiger partial charge in [-0.25, -0.2) is 8.42 Å². The van der Waals surface area contributed by atoms with Crippen molar-refractivity contribution in [2.75, 3.05) is 12.8 Å². The van der Waals surface area contributed by atoms with E-state index in [-0.39, 0.29) is 5.91 Å². The van der Waals surface area contributed by atoms with Gasteiger partial charge in [0, 0.05) is 11.4 Å². The molecule has 1 fully saturated rings. The topological polar surface area (TPSA) is 66.5 Å². The molecule has 1 N–H and O–H groups in total. The van der Waals surface area contributed by atoms with Gasteiger partial charge in [-0.3, -0.25) is 4.79 Å². The Morgan fingerprint density at radius 1 is 1.50 bits per heavy atom. The molecule has 20 heavy (non-hydrogen) atoms. The van der Waals surface area contributed by atoms with E-state index >= 15 is 0 Å². The molecule has 1 saturated heterocycles. The summed E-state index contributed by atoms with van der Waals surface area (Å²) in [7, 11) is -3.33. The summed E-state index contributed by atoms with van der Waals surface area (Å²) in [6, 6.07) is 1.45. The number of amides is 1. The Morgan fingerprint density at radius 2 is 2.25 bits per heavy atom. The van der Waals surface area contributed by atoms with Crippen LogP contribution < -0.4 is 5.32 Å². The van der Waals surface area contributed by atoms with Gasteiger partial charge in [0.2, 0.25) is 15.9 Å².